The lowest BCUT2D eigenvalue weighted by atomic mass is 9.73. The molecule has 1 aliphatic carbocycles. The van der Waals surface area contributed by atoms with Crippen LogP contribution in [0.15, 0.2) is 40.6 Å². The quantitative estimate of drug-likeness (QED) is 0.313. The summed E-state index contributed by atoms with van der Waals surface area (Å²) < 4.78 is 71.9. The number of rotatable bonds is 7. The largest absolute Gasteiger partial charge is 0.534 e. The average molecular weight is 485 g/mol. The third-order valence-corrected chi connectivity index (χ3v) is 6.28. The molecule has 0 heterocycles. The standard InChI is InChI=1S/C18H20BrF3O5S/c1-2-26-16(23)17(12-10-13-7-3-4-8-14(13)19)11-6-5-9-15(17)27-28(24,25)18(20,21)22/h3-4,7-9H,2,5-6,10-12H2,1H3. The van der Waals surface area contributed by atoms with Crippen LogP contribution in [0.5, 0.6) is 0 Å². The van der Waals surface area contributed by atoms with Crippen LogP contribution < -0.4 is 0 Å². The van der Waals surface area contributed by atoms with Gasteiger partial charge < -0.3 is 8.92 Å². The predicted octanol–water partition coefficient (Wildman–Crippen LogP) is 4.87. The maximum Gasteiger partial charge on any atom is 0.534 e. The number of aryl methyl sites for hydroxylation is 1. The van der Waals surface area contributed by atoms with Crippen LogP contribution in [0.2, 0.25) is 0 Å². The van der Waals surface area contributed by atoms with Gasteiger partial charge in [-0.3, -0.25) is 4.79 Å². The Bertz CT molecular complexity index is 851. The van der Waals surface area contributed by atoms with Crippen LogP contribution in [0.1, 0.15) is 38.2 Å². The minimum Gasteiger partial charge on any atom is -0.465 e. The molecule has 28 heavy (non-hydrogen) atoms. The number of carbonyl (C=O) groups is 1. The van der Waals surface area contributed by atoms with E-state index in [4.69, 9.17) is 4.74 Å². The summed E-state index contributed by atoms with van der Waals surface area (Å²) in [5.74, 6) is -1.30. The summed E-state index contributed by atoms with van der Waals surface area (Å²) in [6.07, 6.45) is 2.53. The summed E-state index contributed by atoms with van der Waals surface area (Å²) in [6.45, 7) is 1.58. The lowest BCUT2D eigenvalue weighted by molar-refractivity contribution is -0.156. The van der Waals surface area contributed by atoms with Gasteiger partial charge in [0.05, 0.1) is 6.61 Å². The SMILES string of the molecule is CCOC(=O)C1(CCc2ccccc2Br)CCCC=C1OS(=O)(=O)C(F)(F)F. The van der Waals surface area contributed by atoms with Crippen molar-refractivity contribution in [3.05, 3.63) is 46.1 Å². The minimum atomic E-state index is -5.89. The second-order valence-electron chi connectivity index (χ2n) is 6.34. The highest BCUT2D eigenvalue weighted by molar-refractivity contribution is 9.10. The van der Waals surface area contributed by atoms with E-state index < -0.39 is 32.8 Å². The molecular weight excluding hydrogens is 465 g/mol. The summed E-state index contributed by atoms with van der Waals surface area (Å²) >= 11 is 3.39. The lowest BCUT2D eigenvalue weighted by Crippen LogP contribution is -2.40. The Labute approximate surface area is 170 Å². The summed E-state index contributed by atoms with van der Waals surface area (Å²) in [4.78, 5) is 12.7. The van der Waals surface area contributed by atoms with Crippen molar-refractivity contribution in [3.63, 3.8) is 0 Å². The van der Waals surface area contributed by atoms with E-state index in [0.717, 1.165) is 10.0 Å². The fourth-order valence-corrected chi connectivity index (χ4v) is 4.15. The second kappa shape index (κ2) is 8.86. The molecule has 1 aromatic rings. The van der Waals surface area contributed by atoms with Gasteiger partial charge in [0.1, 0.15) is 11.2 Å². The van der Waals surface area contributed by atoms with Crippen LogP contribution in [0.4, 0.5) is 13.2 Å². The molecule has 1 unspecified atom stereocenters. The van der Waals surface area contributed by atoms with Gasteiger partial charge in [-0.05, 0) is 56.7 Å². The number of hydrogen-bond donors (Lipinski definition) is 0. The molecule has 0 aromatic heterocycles. The van der Waals surface area contributed by atoms with Gasteiger partial charge in [0, 0.05) is 4.47 Å². The molecule has 0 amide bonds. The number of benzene rings is 1. The van der Waals surface area contributed by atoms with E-state index in [1.165, 1.54) is 6.08 Å². The molecular formula is C18H20BrF3O5S. The summed E-state index contributed by atoms with van der Waals surface area (Å²) in [6, 6.07) is 7.20. The Balaban J connectivity index is 2.41. The predicted molar refractivity (Wildman–Crippen MR) is 99.5 cm³/mol. The molecule has 10 heteroatoms. The van der Waals surface area contributed by atoms with Crippen molar-refractivity contribution in [1.29, 1.82) is 0 Å². The first-order chi connectivity index (χ1) is 13.0. The Hall–Kier alpha value is -1.55. The van der Waals surface area contributed by atoms with Gasteiger partial charge in [-0.1, -0.05) is 34.1 Å². The first kappa shape index (κ1) is 22.7. The van der Waals surface area contributed by atoms with Crippen molar-refractivity contribution in [2.75, 3.05) is 6.61 Å². The first-order valence-electron chi connectivity index (χ1n) is 8.65. The average Bonchev–Trinajstić information content (AvgIpc) is 2.61. The second-order valence-corrected chi connectivity index (χ2v) is 8.73. The van der Waals surface area contributed by atoms with E-state index in [-0.39, 0.29) is 19.4 Å². The number of hydrogen-bond acceptors (Lipinski definition) is 5. The van der Waals surface area contributed by atoms with Crippen LogP contribution in [-0.4, -0.2) is 26.5 Å². The molecule has 0 radical (unpaired) electrons. The first-order valence-corrected chi connectivity index (χ1v) is 10.9. The highest BCUT2D eigenvalue weighted by Crippen LogP contribution is 2.45. The van der Waals surface area contributed by atoms with E-state index in [9.17, 15) is 26.4 Å². The Morgan fingerprint density at radius 1 is 1.29 bits per heavy atom. The van der Waals surface area contributed by atoms with Gasteiger partial charge >= 0.3 is 21.6 Å². The van der Waals surface area contributed by atoms with Gasteiger partial charge in [0.25, 0.3) is 0 Å². The lowest BCUT2D eigenvalue weighted by Gasteiger charge is -2.35. The number of halogens is 4. The van der Waals surface area contributed by atoms with E-state index >= 15 is 0 Å². The number of alkyl halides is 3. The van der Waals surface area contributed by atoms with Crippen molar-refractivity contribution >= 4 is 32.0 Å². The van der Waals surface area contributed by atoms with Crippen molar-refractivity contribution < 1.29 is 35.3 Å². The van der Waals surface area contributed by atoms with E-state index in [2.05, 4.69) is 20.1 Å². The topological polar surface area (TPSA) is 69.7 Å². The van der Waals surface area contributed by atoms with Crippen molar-refractivity contribution in [3.8, 4) is 0 Å². The molecule has 0 spiro atoms. The fourth-order valence-electron chi connectivity index (χ4n) is 3.11. The van der Waals surface area contributed by atoms with Crippen LogP contribution in [0.3, 0.4) is 0 Å². The highest BCUT2D eigenvalue weighted by atomic mass is 79.9. The Kier molecular flexibility index (Phi) is 7.19. The van der Waals surface area contributed by atoms with Gasteiger partial charge in [0.2, 0.25) is 0 Å². The molecule has 0 saturated heterocycles. The molecule has 0 bridgehead atoms. The molecule has 2 rings (SSSR count). The van der Waals surface area contributed by atoms with Gasteiger partial charge in [-0.25, -0.2) is 0 Å². The van der Waals surface area contributed by atoms with Crippen LogP contribution in [0, 0.1) is 5.41 Å². The normalized spacial score (nSPS) is 20.4. The third-order valence-electron chi connectivity index (χ3n) is 4.54. The molecule has 0 aliphatic heterocycles. The van der Waals surface area contributed by atoms with Gasteiger partial charge in [0.15, 0.2) is 0 Å². The Morgan fingerprint density at radius 3 is 2.57 bits per heavy atom. The highest BCUT2D eigenvalue weighted by Gasteiger charge is 2.53. The van der Waals surface area contributed by atoms with Crippen LogP contribution in [0.25, 0.3) is 0 Å². The molecule has 0 fully saturated rings. The fraction of sp³-hybridized carbons (Fsp3) is 0.500. The van der Waals surface area contributed by atoms with Crippen LogP contribution in [-0.2, 0) is 30.3 Å². The third kappa shape index (κ3) is 4.89. The molecule has 5 nitrogen and oxygen atoms in total. The molecule has 0 saturated carbocycles. The smallest absolute Gasteiger partial charge is 0.465 e. The number of esters is 1. The maximum absolute atomic E-state index is 12.8. The minimum absolute atomic E-state index is 0.00884. The number of carbonyl (C=O) groups excluding carboxylic acids is 1. The van der Waals surface area contributed by atoms with Crippen LogP contribution >= 0.6 is 15.9 Å². The van der Waals surface area contributed by atoms with E-state index in [1.54, 1.807) is 25.1 Å². The monoisotopic (exact) mass is 484 g/mol. The Morgan fingerprint density at radius 2 is 1.96 bits per heavy atom. The molecule has 0 N–H and O–H groups in total. The molecule has 156 valence electrons. The molecule has 1 atom stereocenters. The van der Waals surface area contributed by atoms with Gasteiger partial charge in [-0.2, -0.15) is 21.6 Å². The maximum atomic E-state index is 12.8. The summed E-state index contributed by atoms with van der Waals surface area (Å²) in [5, 5.41) is 0. The van der Waals surface area contributed by atoms with Crippen molar-refractivity contribution in [2.24, 2.45) is 5.41 Å². The van der Waals surface area contributed by atoms with Crippen molar-refractivity contribution in [2.45, 2.75) is 44.5 Å². The number of allylic oxidation sites excluding steroid dienone is 1. The zero-order chi connectivity index (χ0) is 21.0. The number of ether oxygens (including phenoxy) is 1. The van der Waals surface area contributed by atoms with Crippen molar-refractivity contribution in [1.82, 2.24) is 0 Å². The van der Waals surface area contributed by atoms with E-state index in [0.29, 0.717) is 19.3 Å². The summed E-state index contributed by atoms with van der Waals surface area (Å²) in [7, 11) is -5.89. The van der Waals surface area contributed by atoms with Gasteiger partial charge in [-0.15, -0.1) is 0 Å². The zero-order valence-corrected chi connectivity index (χ0v) is 17.5. The molecule has 1 aromatic carbocycles. The summed E-state index contributed by atoms with van der Waals surface area (Å²) in [5.41, 5.74) is -6.36. The van der Waals surface area contributed by atoms with E-state index in [1.807, 2.05) is 6.07 Å². The molecule has 1 aliphatic rings. The zero-order valence-electron chi connectivity index (χ0n) is 15.1.